The minimum atomic E-state index is 0.377. The van der Waals surface area contributed by atoms with E-state index in [4.69, 9.17) is 4.74 Å². The van der Waals surface area contributed by atoms with Gasteiger partial charge in [-0.25, -0.2) is 0 Å². The molecule has 0 atom stereocenters. The van der Waals surface area contributed by atoms with Crippen LogP contribution in [0.4, 0.5) is 17.1 Å². The summed E-state index contributed by atoms with van der Waals surface area (Å²) < 4.78 is 6.45. The van der Waals surface area contributed by atoms with Gasteiger partial charge < -0.3 is 9.64 Å². The van der Waals surface area contributed by atoms with E-state index in [1.807, 2.05) is 30.3 Å². The van der Waals surface area contributed by atoms with Gasteiger partial charge in [-0.15, -0.1) is 0 Å². The number of rotatable bonds is 9. The van der Waals surface area contributed by atoms with Crippen LogP contribution in [0.3, 0.4) is 0 Å². The first kappa shape index (κ1) is 26.3. The van der Waals surface area contributed by atoms with Crippen molar-refractivity contribution in [2.24, 2.45) is 0 Å². The fourth-order valence-electron chi connectivity index (χ4n) is 5.16. The molecular weight excluding hydrogens is 474 g/mol. The van der Waals surface area contributed by atoms with Crippen molar-refractivity contribution in [3.8, 4) is 11.5 Å². The third-order valence-electron chi connectivity index (χ3n) is 7.04. The van der Waals surface area contributed by atoms with E-state index >= 15 is 0 Å². The highest BCUT2D eigenvalue weighted by Gasteiger charge is 2.22. The Morgan fingerprint density at radius 2 is 1.03 bits per heavy atom. The molecule has 196 valence electrons. The van der Waals surface area contributed by atoms with E-state index in [2.05, 4.69) is 130 Å². The first-order valence-electron chi connectivity index (χ1n) is 13.9. The fraction of sp³-hybridized carbons (Fsp3) is 0.189. The lowest BCUT2D eigenvalue weighted by Gasteiger charge is -2.32. The number of ether oxygens (including phenoxy) is 1. The summed E-state index contributed by atoms with van der Waals surface area (Å²) in [6, 6.07) is 44.9. The second-order valence-corrected chi connectivity index (χ2v) is 10.7. The molecule has 0 saturated heterocycles. The van der Waals surface area contributed by atoms with Gasteiger partial charge in [-0.3, -0.25) is 0 Å². The molecule has 5 aromatic carbocycles. The largest absolute Gasteiger partial charge is 0.457 e. The summed E-state index contributed by atoms with van der Waals surface area (Å²) in [4.78, 5) is 2.43. The van der Waals surface area contributed by atoms with E-state index in [0.29, 0.717) is 11.8 Å². The quantitative estimate of drug-likeness (QED) is 0.195. The van der Waals surface area contributed by atoms with Crippen molar-refractivity contribution < 1.29 is 4.74 Å². The summed E-state index contributed by atoms with van der Waals surface area (Å²) in [6.45, 7) is 9.06. The molecule has 0 bridgehead atoms. The van der Waals surface area contributed by atoms with Gasteiger partial charge in [-0.05, 0) is 76.9 Å². The standard InChI is InChI=1S/C37H37NO/c1-27(2)34-19-11-13-21-36(34)38(37-22-14-12-20-35(37)28(3)4)31-24-30(23-29-15-7-5-8-16-29)25-33(26-31)39-32-17-9-6-10-18-32/h5-22,24-28H,23H2,1-4H3. The predicted octanol–water partition coefficient (Wildman–Crippen LogP) is 10.8. The van der Waals surface area contributed by atoms with Gasteiger partial charge in [0.05, 0.1) is 5.69 Å². The SMILES string of the molecule is CC(C)c1ccccc1N(c1cc(Cc2ccccc2)cc(Oc2ccccc2)c1)c1ccccc1C(C)C. The maximum atomic E-state index is 6.45. The molecule has 2 nitrogen and oxygen atoms in total. The van der Waals surface area contributed by atoms with Crippen molar-refractivity contribution in [3.05, 3.63) is 150 Å². The highest BCUT2D eigenvalue weighted by atomic mass is 16.5. The second-order valence-electron chi connectivity index (χ2n) is 10.7. The van der Waals surface area contributed by atoms with Gasteiger partial charge in [0.2, 0.25) is 0 Å². The van der Waals surface area contributed by atoms with E-state index in [9.17, 15) is 0 Å². The van der Waals surface area contributed by atoms with Crippen LogP contribution in [0.25, 0.3) is 0 Å². The van der Waals surface area contributed by atoms with Crippen molar-refractivity contribution in [1.29, 1.82) is 0 Å². The molecule has 0 aliphatic heterocycles. The summed E-state index contributed by atoms with van der Waals surface area (Å²) in [5, 5.41) is 0. The second kappa shape index (κ2) is 12.0. The smallest absolute Gasteiger partial charge is 0.129 e. The monoisotopic (exact) mass is 511 g/mol. The molecule has 5 rings (SSSR count). The highest BCUT2D eigenvalue weighted by Crippen LogP contribution is 2.44. The van der Waals surface area contributed by atoms with Crippen molar-refractivity contribution >= 4 is 17.1 Å². The molecule has 0 fully saturated rings. The predicted molar refractivity (Wildman–Crippen MR) is 165 cm³/mol. The molecule has 0 spiro atoms. The summed E-state index contributed by atoms with van der Waals surface area (Å²) >= 11 is 0. The van der Waals surface area contributed by atoms with E-state index in [1.54, 1.807) is 0 Å². The minimum absolute atomic E-state index is 0.377. The molecule has 0 saturated carbocycles. The number of nitrogens with zero attached hydrogens (tertiary/aromatic N) is 1. The number of para-hydroxylation sites is 3. The normalized spacial score (nSPS) is 11.1. The van der Waals surface area contributed by atoms with Crippen LogP contribution >= 0.6 is 0 Å². The topological polar surface area (TPSA) is 12.5 Å². The van der Waals surface area contributed by atoms with Gasteiger partial charge >= 0.3 is 0 Å². The molecule has 5 aromatic rings. The van der Waals surface area contributed by atoms with Gasteiger partial charge in [0.15, 0.2) is 0 Å². The van der Waals surface area contributed by atoms with Crippen LogP contribution in [-0.4, -0.2) is 0 Å². The number of hydrogen-bond donors (Lipinski definition) is 0. The van der Waals surface area contributed by atoms with Crippen molar-refractivity contribution in [1.82, 2.24) is 0 Å². The Balaban J connectivity index is 1.72. The average molecular weight is 512 g/mol. The molecule has 0 aliphatic carbocycles. The zero-order valence-electron chi connectivity index (χ0n) is 23.3. The van der Waals surface area contributed by atoms with E-state index in [0.717, 1.165) is 23.6 Å². The Kier molecular flexibility index (Phi) is 8.13. The minimum Gasteiger partial charge on any atom is -0.457 e. The van der Waals surface area contributed by atoms with E-state index in [-0.39, 0.29) is 0 Å². The zero-order valence-corrected chi connectivity index (χ0v) is 23.3. The Morgan fingerprint density at radius 1 is 0.513 bits per heavy atom. The first-order chi connectivity index (χ1) is 19.0. The van der Waals surface area contributed by atoms with Gasteiger partial charge in [0, 0.05) is 17.4 Å². The summed E-state index contributed by atoms with van der Waals surface area (Å²) in [6.07, 6.45) is 0.825. The van der Waals surface area contributed by atoms with Crippen molar-refractivity contribution in [2.45, 2.75) is 46.0 Å². The molecule has 0 amide bonds. The summed E-state index contributed by atoms with van der Waals surface area (Å²) in [7, 11) is 0. The molecule has 2 heteroatoms. The number of benzene rings is 5. The molecular formula is C37H37NO. The van der Waals surface area contributed by atoms with Crippen LogP contribution in [0.1, 0.15) is 61.8 Å². The van der Waals surface area contributed by atoms with Crippen LogP contribution in [0.5, 0.6) is 11.5 Å². The zero-order chi connectivity index (χ0) is 27.2. The average Bonchev–Trinajstić information content (AvgIpc) is 2.95. The van der Waals surface area contributed by atoms with Crippen LogP contribution < -0.4 is 9.64 Å². The lowest BCUT2D eigenvalue weighted by Crippen LogP contribution is -2.15. The van der Waals surface area contributed by atoms with E-state index in [1.165, 1.54) is 33.6 Å². The van der Waals surface area contributed by atoms with Crippen LogP contribution in [0.15, 0.2) is 127 Å². The molecule has 0 aliphatic rings. The van der Waals surface area contributed by atoms with Gasteiger partial charge in [0.1, 0.15) is 11.5 Å². The van der Waals surface area contributed by atoms with Gasteiger partial charge in [-0.2, -0.15) is 0 Å². The number of hydrogen-bond acceptors (Lipinski definition) is 2. The lowest BCUT2D eigenvalue weighted by molar-refractivity contribution is 0.482. The molecule has 0 aromatic heterocycles. The molecule has 0 unspecified atom stereocenters. The maximum Gasteiger partial charge on any atom is 0.129 e. The third-order valence-corrected chi connectivity index (χ3v) is 7.04. The Bertz CT molecular complexity index is 1390. The first-order valence-corrected chi connectivity index (χ1v) is 13.9. The maximum absolute atomic E-state index is 6.45. The number of anilines is 3. The molecule has 39 heavy (non-hydrogen) atoms. The Labute approximate surface area is 233 Å². The van der Waals surface area contributed by atoms with E-state index < -0.39 is 0 Å². The van der Waals surface area contributed by atoms with Gasteiger partial charge in [-0.1, -0.05) is 113 Å². The lowest BCUT2D eigenvalue weighted by atomic mass is 9.96. The fourth-order valence-corrected chi connectivity index (χ4v) is 5.16. The molecule has 0 radical (unpaired) electrons. The molecule has 0 N–H and O–H groups in total. The van der Waals surface area contributed by atoms with Crippen LogP contribution in [0, 0.1) is 0 Å². The molecule has 0 heterocycles. The van der Waals surface area contributed by atoms with Crippen LogP contribution in [-0.2, 0) is 6.42 Å². The highest BCUT2D eigenvalue weighted by molar-refractivity contribution is 5.81. The Hall–Kier alpha value is -4.30. The third kappa shape index (κ3) is 6.23. The summed E-state index contributed by atoms with van der Waals surface area (Å²) in [5.74, 6) is 2.42. The van der Waals surface area contributed by atoms with Crippen molar-refractivity contribution in [2.75, 3.05) is 4.90 Å². The summed E-state index contributed by atoms with van der Waals surface area (Å²) in [5.41, 5.74) is 8.60. The Morgan fingerprint density at radius 3 is 1.59 bits per heavy atom. The van der Waals surface area contributed by atoms with Gasteiger partial charge in [0.25, 0.3) is 0 Å². The van der Waals surface area contributed by atoms with Crippen molar-refractivity contribution in [3.63, 3.8) is 0 Å². The van der Waals surface area contributed by atoms with Crippen LogP contribution in [0.2, 0.25) is 0 Å².